The summed E-state index contributed by atoms with van der Waals surface area (Å²) in [6.45, 7) is 6.70. The summed E-state index contributed by atoms with van der Waals surface area (Å²) in [5.41, 5.74) is 5.43. The van der Waals surface area contributed by atoms with Crippen LogP contribution in [-0.2, 0) is 4.79 Å². The lowest BCUT2D eigenvalue weighted by Gasteiger charge is -2.20. The highest BCUT2D eigenvalue weighted by molar-refractivity contribution is 5.70. The first kappa shape index (κ1) is 13.4. The Labute approximate surface area is 86.7 Å². The van der Waals surface area contributed by atoms with E-state index in [0.717, 1.165) is 19.3 Å². The predicted molar refractivity (Wildman–Crippen MR) is 58.0 cm³/mol. The summed E-state index contributed by atoms with van der Waals surface area (Å²) in [5.74, 6) is 0.0141. The predicted octanol–water partition coefficient (Wildman–Crippen LogP) is 2.11. The van der Waals surface area contributed by atoms with Crippen LogP contribution < -0.4 is 5.73 Å². The van der Waals surface area contributed by atoms with Crippen LogP contribution >= 0.6 is 0 Å². The van der Waals surface area contributed by atoms with Crippen molar-refractivity contribution in [2.75, 3.05) is 6.54 Å². The number of nitrogens with two attached hydrogens (primary N) is 1. The van der Waals surface area contributed by atoms with Gasteiger partial charge in [-0.15, -0.1) is 0 Å². The van der Waals surface area contributed by atoms with Crippen LogP contribution in [0.4, 0.5) is 0 Å². The lowest BCUT2D eigenvalue weighted by atomic mass is 9.86. The summed E-state index contributed by atoms with van der Waals surface area (Å²) in [7, 11) is 0. The van der Waals surface area contributed by atoms with E-state index in [1.165, 1.54) is 0 Å². The molecule has 0 aromatic rings. The molecule has 14 heavy (non-hydrogen) atoms. The number of hydrogen-bond acceptors (Lipinski definition) is 2. The molecule has 3 N–H and O–H groups in total. The number of carboxylic acids is 1. The molecule has 0 unspecified atom stereocenters. The standard InChI is InChI=1S/C11H23NO2/c1-4-9(5-8(2)3)6-10(7-12)11(13)14/h8-10H,4-7,12H2,1-3H3,(H,13,14)/t9-,10+/m0/s1. The molecule has 0 spiro atoms. The molecule has 0 amide bonds. The van der Waals surface area contributed by atoms with Gasteiger partial charge in [0.1, 0.15) is 0 Å². The third-order valence-corrected chi connectivity index (χ3v) is 2.63. The molecule has 0 bridgehead atoms. The van der Waals surface area contributed by atoms with Crippen LogP contribution in [-0.4, -0.2) is 17.6 Å². The molecule has 3 nitrogen and oxygen atoms in total. The number of carboxylic acid groups (broad SMARTS) is 1. The summed E-state index contributed by atoms with van der Waals surface area (Å²) < 4.78 is 0. The Kier molecular flexibility index (Phi) is 6.54. The van der Waals surface area contributed by atoms with Gasteiger partial charge in [-0.05, 0) is 24.7 Å². The molecular formula is C11H23NO2. The SMILES string of the molecule is CC[C@@H](CC(C)C)C[C@H](CN)C(=O)O. The molecular weight excluding hydrogens is 178 g/mol. The van der Waals surface area contributed by atoms with Gasteiger partial charge in [-0.3, -0.25) is 4.79 Å². The van der Waals surface area contributed by atoms with Crippen LogP contribution in [0.15, 0.2) is 0 Å². The molecule has 0 aliphatic heterocycles. The summed E-state index contributed by atoms with van der Waals surface area (Å²) in [6, 6.07) is 0. The van der Waals surface area contributed by atoms with E-state index in [0.29, 0.717) is 11.8 Å². The van der Waals surface area contributed by atoms with Crippen LogP contribution in [0.25, 0.3) is 0 Å². The van der Waals surface area contributed by atoms with E-state index in [1.54, 1.807) is 0 Å². The summed E-state index contributed by atoms with van der Waals surface area (Å²) in [4.78, 5) is 10.8. The van der Waals surface area contributed by atoms with Gasteiger partial charge in [0, 0.05) is 6.54 Å². The van der Waals surface area contributed by atoms with Crippen molar-refractivity contribution < 1.29 is 9.90 Å². The van der Waals surface area contributed by atoms with Crippen LogP contribution in [0, 0.1) is 17.8 Å². The smallest absolute Gasteiger partial charge is 0.307 e. The topological polar surface area (TPSA) is 63.3 Å². The van der Waals surface area contributed by atoms with Gasteiger partial charge in [-0.25, -0.2) is 0 Å². The number of carbonyl (C=O) groups is 1. The quantitative estimate of drug-likeness (QED) is 0.663. The average molecular weight is 201 g/mol. The first-order valence-electron chi connectivity index (χ1n) is 5.44. The molecule has 0 aliphatic carbocycles. The van der Waals surface area contributed by atoms with Crippen molar-refractivity contribution in [3.8, 4) is 0 Å². The van der Waals surface area contributed by atoms with Gasteiger partial charge in [-0.2, -0.15) is 0 Å². The molecule has 0 aromatic heterocycles. The molecule has 0 rings (SSSR count). The van der Waals surface area contributed by atoms with Crippen molar-refractivity contribution in [3.05, 3.63) is 0 Å². The summed E-state index contributed by atoms with van der Waals surface area (Å²) in [6.07, 6.45) is 2.86. The maximum atomic E-state index is 10.8. The number of rotatable bonds is 7. The van der Waals surface area contributed by atoms with Crippen LogP contribution in [0.3, 0.4) is 0 Å². The fourth-order valence-electron chi connectivity index (χ4n) is 1.80. The lowest BCUT2D eigenvalue weighted by molar-refractivity contribution is -0.142. The normalized spacial score (nSPS) is 15.5. The molecule has 0 aromatic carbocycles. The molecule has 0 fully saturated rings. The third kappa shape index (κ3) is 5.22. The van der Waals surface area contributed by atoms with Crippen LogP contribution in [0.5, 0.6) is 0 Å². The highest BCUT2D eigenvalue weighted by Crippen LogP contribution is 2.22. The third-order valence-electron chi connectivity index (χ3n) is 2.63. The van der Waals surface area contributed by atoms with Crippen molar-refractivity contribution in [1.82, 2.24) is 0 Å². The van der Waals surface area contributed by atoms with Gasteiger partial charge in [0.15, 0.2) is 0 Å². The van der Waals surface area contributed by atoms with Crippen molar-refractivity contribution in [1.29, 1.82) is 0 Å². The number of hydrogen-bond donors (Lipinski definition) is 2. The molecule has 0 aliphatic rings. The van der Waals surface area contributed by atoms with Gasteiger partial charge in [0.25, 0.3) is 0 Å². The van der Waals surface area contributed by atoms with Crippen molar-refractivity contribution >= 4 is 5.97 Å². The molecule has 0 heterocycles. The largest absolute Gasteiger partial charge is 0.481 e. The second-order valence-corrected chi connectivity index (χ2v) is 4.41. The van der Waals surface area contributed by atoms with E-state index < -0.39 is 5.97 Å². The summed E-state index contributed by atoms with van der Waals surface area (Å²) in [5, 5.41) is 8.87. The first-order valence-corrected chi connectivity index (χ1v) is 5.44. The second kappa shape index (κ2) is 6.82. The Morgan fingerprint density at radius 1 is 1.36 bits per heavy atom. The molecule has 84 valence electrons. The van der Waals surface area contributed by atoms with Gasteiger partial charge in [0.2, 0.25) is 0 Å². The zero-order chi connectivity index (χ0) is 11.1. The fraction of sp³-hybridized carbons (Fsp3) is 0.909. The zero-order valence-corrected chi connectivity index (χ0v) is 9.49. The van der Waals surface area contributed by atoms with Crippen molar-refractivity contribution in [3.63, 3.8) is 0 Å². The monoisotopic (exact) mass is 201 g/mol. The maximum Gasteiger partial charge on any atom is 0.307 e. The fourth-order valence-corrected chi connectivity index (χ4v) is 1.80. The minimum atomic E-state index is -0.755. The van der Waals surface area contributed by atoms with Crippen molar-refractivity contribution in [2.24, 2.45) is 23.5 Å². The van der Waals surface area contributed by atoms with E-state index in [1.807, 2.05) is 0 Å². The second-order valence-electron chi connectivity index (χ2n) is 4.41. The lowest BCUT2D eigenvalue weighted by Crippen LogP contribution is -2.26. The highest BCUT2D eigenvalue weighted by atomic mass is 16.4. The van der Waals surface area contributed by atoms with Gasteiger partial charge in [0.05, 0.1) is 5.92 Å². The van der Waals surface area contributed by atoms with Crippen LogP contribution in [0.2, 0.25) is 0 Å². The van der Waals surface area contributed by atoms with Gasteiger partial charge < -0.3 is 10.8 Å². The highest BCUT2D eigenvalue weighted by Gasteiger charge is 2.20. The molecule has 2 atom stereocenters. The Hall–Kier alpha value is -0.570. The number of aliphatic carboxylic acids is 1. The van der Waals surface area contributed by atoms with E-state index in [4.69, 9.17) is 10.8 Å². The minimum Gasteiger partial charge on any atom is -0.481 e. The maximum absolute atomic E-state index is 10.8. The molecule has 0 saturated carbocycles. The minimum absolute atomic E-state index is 0.254. The van der Waals surface area contributed by atoms with E-state index in [9.17, 15) is 4.79 Å². The van der Waals surface area contributed by atoms with E-state index in [-0.39, 0.29) is 12.5 Å². The Morgan fingerprint density at radius 3 is 2.21 bits per heavy atom. The zero-order valence-electron chi connectivity index (χ0n) is 9.49. The van der Waals surface area contributed by atoms with Gasteiger partial charge in [-0.1, -0.05) is 27.2 Å². The molecule has 0 saturated heterocycles. The van der Waals surface area contributed by atoms with E-state index >= 15 is 0 Å². The van der Waals surface area contributed by atoms with E-state index in [2.05, 4.69) is 20.8 Å². The first-order chi connectivity index (χ1) is 6.51. The Morgan fingerprint density at radius 2 is 1.93 bits per heavy atom. The van der Waals surface area contributed by atoms with Crippen LogP contribution in [0.1, 0.15) is 40.0 Å². The Balaban J connectivity index is 4.07. The molecule has 3 heteroatoms. The average Bonchev–Trinajstić information content (AvgIpc) is 2.10. The summed E-state index contributed by atoms with van der Waals surface area (Å²) >= 11 is 0. The Bertz CT molecular complexity index is 169. The van der Waals surface area contributed by atoms with Gasteiger partial charge >= 0.3 is 5.97 Å². The van der Waals surface area contributed by atoms with Crippen molar-refractivity contribution in [2.45, 2.75) is 40.0 Å². The molecule has 0 radical (unpaired) electrons.